The van der Waals surface area contributed by atoms with Crippen LogP contribution in [0.15, 0.2) is 0 Å². The van der Waals surface area contributed by atoms with Crippen LogP contribution in [0.4, 0.5) is 0 Å². The van der Waals surface area contributed by atoms with Gasteiger partial charge in [0, 0.05) is 12.1 Å². The molecule has 0 saturated heterocycles. The fourth-order valence-electron chi connectivity index (χ4n) is 1.93. The van der Waals surface area contributed by atoms with Gasteiger partial charge in [0.15, 0.2) is 0 Å². The number of hydrogen-bond donors (Lipinski definition) is 2. The maximum absolute atomic E-state index is 11.5. The Labute approximate surface area is 97.9 Å². The molecule has 3 atom stereocenters. The molecular weight excluding hydrogens is 204 g/mol. The van der Waals surface area contributed by atoms with Crippen LogP contribution in [0.25, 0.3) is 0 Å². The van der Waals surface area contributed by atoms with E-state index in [4.69, 9.17) is 10.5 Å². The van der Waals surface area contributed by atoms with Crippen molar-refractivity contribution in [3.05, 3.63) is 0 Å². The van der Waals surface area contributed by atoms with Crippen molar-refractivity contribution in [3.63, 3.8) is 0 Å². The summed E-state index contributed by atoms with van der Waals surface area (Å²) in [5.74, 6) is -0.0351. The second kappa shape index (κ2) is 6.86. The van der Waals surface area contributed by atoms with E-state index in [1.165, 1.54) is 6.42 Å². The lowest BCUT2D eigenvalue weighted by molar-refractivity contribution is -0.129. The second-order valence-electron chi connectivity index (χ2n) is 4.67. The van der Waals surface area contributed by atoms with Gasteiger partial charge in [-0.15, -0.1) is 0 Å². The monoisotopic (exact) mass is 228 g/mol. The van der Waals surface area contributed by atoms with Crippen molar-refractivity contribution in [2.75, 3.05) is 6.61 Å². The average Bonchev–Trinajstić information content (AvgIpc) is 2.28. The molecule has 1 aliphatic rings. The quantitative estimate of drug-likeness (QED) is 0.743. The summed E-state index contributed by atoms with van der Waals surface area (Å²) in [6.07, 6.45) is 5.34. The number of ether oxygens (including phenoxy) is 1. The zero-order valence-corrected chi connectivity index (χ0v) is 10.4. The van der Waals surface area contributed by atoms with Crippen LogP contribution in [0.1, 0.15) is 46.0 Å². The first-order valence-corrected chi connectivity index (χ1v) is 6.30. The number of nitrogens with one attached hydrogen (secondary N) is 1. The van der Waals surface area contributed by atoms with Crippen molar-refractivity contribution >= 4 is 5.91 Å². The summed E-state index contributed by atoms with van der Waals surface area (Å²) in [4.78, 5) is 11.5. The molecule has 0 aromatic rings. The van der Waals surface area contributed by atoms with E-state index in [9.17, 15) is 4.79 Å². The molecule has 1 amide bonds. The molecule has 0 bridgehead atoms. The lowest BCUT2D eigenvalue weighted by atomic mass is 9.93. The summed E-state index contributed by atoms with van der Waals surface area (Å²) >= 11 is 0. The Balaban J connectivity index is 2.20. The van der Waals surface area contributed by atoms with Gasteiger partial charge in [0.1, 0.15) is 6.61 Å². The van der Waals surface area contributed by atoms with Gasteiger partial charge in [0.2, 0.25) is 5.91 Å². The summed E-state index contributed by atoms with van der Waals surface area (Å²) in [5, 5.41) is 2.88. The van der Waals surface area contributed by atoms with E-state index in [2.05, 4.69) is 5.32 Å². The van der Waals surface area contributed by atoms with Crippen LogP contribution < -0.4 is 11.1 Å². The van der Waals surface area contributed by atoms with Crippen LogP contribution in [-0.4, -0.2) is 30.7 Å². The highest BCUT2D eigenvalue weighted by Gasteiger charge is 2.23. The Hall–Kier alpha value is -0.610. The van der Waals surface area contributed by atoms with Crippen LogP contribution in [0.3, 0.4) is 0 Å². The van der Waals surface area contributed by atoms with Crippen molar-refractivity contribution in [1.29, 1.82) is 0 Å². The SMILES string of the molecule is CCC(C)NC(=O)COC1CCCCC1N. The minimum atomic E-state index is -0.0351. The predicted molar refractivity (Wildman–Crippen MR) is 64.1 cm³/mol. The van der Waals surface area contributed by atoms with E-state index in [1.807, 2.05) is 13.8 Å². The fraction of sp³-hybridized carbons (Fsp3) is 0.917. The maximum atomic E-state index is 11.5. The third-order valence-corrected chi connectivity index (χ3v) is 3.20. The van der Waals surface area contributed by atoms with Crippen molar-refractivity contribution in [2.45, 2.75) is 64.1 Å². The molecule has 3 unspecified atom stereocenters. The molecule has 0 aliphatic heterocycles. The highest BCUT2D eigenvalue weighted by molar-refractivity contribution is 5.77. The minimum absolute atomic E-state index is 0.0351. The summed E-state index contributed by atoms with van der Waals surface area (Å²) in [5.41, 5.74) is 5.94. The lowest BCUT2D eigenvalue weighted by Crippen LogP contribution is -2.42. The molecule has 0 aromatic carbocycles. The maximum Gasteiger partial charge on any atom is 0.246 e. The molecule has 1 aliphatic carbocycles. The van der Waals surface area contributed by atoms with Crippen LogP contribution in [0.5, 0.6) is 0 Å². The second-order valence-corrected chi connectivity index (χ2v) is 4.67. The average molecular weight is 228 g/mol. The van der Waals surface area contributed by atoms with Crippen molar-refractivity contribution in [1.82, 2.24) is 5.32 Å². The van der Waals surface area contributed by atoms with Gasteiger partial charge in [-0.2, -0.15) is 0 Å². The summed E-state index contributed by atoms with van der Waals surface area (Å²) in [6.45, 7) is 4.18. The Morgan fingerprint density at radius 1 is 1.50 bits per heavy atom. The highest BCUT2D eigenvalue weighted by atomic mass is 16.5. The summed E-state index contributed by atoms with van der Waals surface area (Å²) in [7, 11) is 0. The lowest BCUT2D eigenvalue weighted by Gasteiger charge is -2.28. The van der Waals surface area contributed by atoms with Gasteiger partial charge in [-0.25, -0.2) is 0 Å². The smallest absolute Gasteiger partial charge is 0.246 e. The first-order valence-electron chi connectivity index (χ1n) is 6.30. The van der Waals surface area contributed by atoms with Gasteiger partial charge in [0.25, 0.3) is 0 Å². The normalized spacial score (nSPS) is 27.4. The number of rotatable bonds is 5. The molecular formula is C12H24N2O2. The Bertz CT molecular complexity index is 221. The molecule has 0 heterocycles. The molecule has 0 spiro atoms. The zero-order valence-electron chi connectivity index (χ0n) is 10.4. The van der Waals surface area contributed by atoms with Crippen molar-refractivity contribution < 1.29 is 9.53 Å². The number of nitrogens with two attached hydrogens (primary N) is 1. The van der Waals surface area contributed by atoms with Crippen LogP contribution in [0.2, 0.25) is 0 Å². The molecule has 1 rings (SSSR count). The third-order valence-electron chi connectivity index (χ3n) is 3.20. The molecule has 4 heteroatoms. The van der Waals surface area contributed by atoms with Gasteiger partial charge in [0.05, 0.1) is 6.10 Å². The zero-order chi connectivity index (χ0) is 12.0. The van der Waals surface area contributed by atoms with Gasteiger partial charge < -0.3 is 15.8 Å². The Morgan fingerprint density at radius 2 is 2.19 bits per heavy atom. The third kappa shape index (κ3) is 4.49. The highest BCUT2D eigenvalue weighted by Crippen LogP contribution is 2.19. The van der Waals surface area contributed by atoms with Crippen LogP contribution in [-0.2, 0) is 9.53 Å². The Kier molecular flexibility index (Phi) is 5.77. The summed E-state index contributed by atoms with van der Waals surface area (Å²) in [6, 6.07) is 0.321. The van der Waals surface area contributed by atoms with E-state index in [1.54, 1.807) is 0 Å². The van der Waals surface area contributed by atoms with Gasteiger partial charge in [-0.3, -0.25) is 4.79 Å². The van der Waals surface area contributed by atoms with E-state index in [0.717, 1.165) is 25.7 Å². The van der Waals surface area contributed by atoms with Gasteiger partial charge >= 0.3 is 0 Å². The topological polar surface area (TPSA) is 64.3 Å². The van der Waals surface area contributed by atoms with Crippen molar-refractivity contribution in [2.24, 2.45) is 5.73 Å². The standard InChI is InChI=1S/C12H24N2O2/c1-3-9(2)14-12(15)8-16-11-7-5-4-6-10(11)13/h9-11H,3-8,13H2,1-2H3,(H,14,15). The molecule has 0 aromatic heterocycles. The molecule has 94 valence electrons. The molecule has 4 nitrogen and oxygen atoms in total. The Morgan fingerprint density at radius 3 is 2.81 bits per heavy atom. The van der Waals surface area contributed by atoms with E-state index in [-0.39, 0.29) is 30.7 Å². The number of carbonyl (C=O) groups is 1. The first-order chi connectivity index (χ1) is 7.63. The minimum Gasteiger partial charge on any atom is -0.367 e. The predicted octanol–water partition coefficient (Wildman–Crippen LogP) is 1.19. The van der Waals surface area contributed by atoms with Gasteiger partial charge in [-0.05, 0) is 26.2 Å². The fourth-order valence-corrected chi connectivity index (χ4v) is 1.93. The number of hydrogen-bond acceptors (Lipinski definition) is 3. The number of carbonyl (C=O) groups excluding carboxylic acids is 1. The molecule has 3 N–H and O–H groups in total. The molecule has 1 saturated carbocycles. The first kappa shape index (κ1) is 13.5. The number of amides is 1. The molecule has 1 fully saturated rings. The van der Waals surface area contributed by atoms with E-state index < -0.39 is 0 Å². The van der Waals surface area contributed by atoms with E-state index >= 15 is 0 Å². The molecule has 16 heavy (non-hydrogen) atoms. The largest absolute Gasteiger partial charge is 0.367 e. The van der Waals surface area contributed by atoms with E-state index in [0.29, 0.717) is 0 Å². The van der Waals surface area contributed by atoms with Crippen molar-refractivity contribution in [3.8, 4) is 0 Å². The summed E-state index contributed by atoms with van der Waals surface area (Å²) < 4.78 is 5.57. The molecule has 0 radical (unpaired) electrons. The van der Waals surface area contributed by atoms with Crippen LogP contribution >= 0.6 is 0 Å². The van der Waals surface area contributed by atoms with Crippen LogP contribution in [0, 0.1) is 0 Å². The van der Waals surface area contributed by atoms with Gasteiger partial charge in [-0.1, -0.05) is 19.8 Å².